The highest BCUT2D eigenvalue weighted by Crippen LogP contribution is 2.30. The molecule has 1 aromatic heterocycles. The van der Waals surface area contributed by atoms with Gasteiger partial charge in [0.25, 0.3) is 0 Å². The van der Waals surface area contributed by atoms with Gasteiger partial charge < -0.3 is 0 Å². The van der Waals surface area contributed by atoms with Crippen LogP contribution in [0.25, 0.3) is 16.7 Å². The Hall–Kier alpha value is -0.810. The van der Waals surface area contributed by atoms with Crippen LogP contribution in [0.3, 0.4) is 0 Å². The third-order valence-corrected chi connectivity index (χ3v) is 4.31. The van der Waals surface area contributed by atoms with Crippen LogP contribution in [-0.4, -0.2) is 9.55 Å². The summed E-state index contributed by atoms with van der Waals surface area (Å²) in [6.07, 6.45) is 0. The van der Waals surface area contributed by atoms with Gasteiger partial charge >= 0.3 is 0 Å². The smallest absolute Gasteiger partial charge is 0.160 e. The molecular formula is C14H7BrCl3FN2. The summed E-state index contributed by atoms with van der Waals surface area (Å²) >= 11 is 21.1. The Morgan fingerprint density at radius 3 is 2.43 bits per heavy atom. The molecule has 0 aliphatic heterocycles. The van der Waals surface area contributed by atoms with Gasteiger partial charge in [0.2, 0.25) is 0 Å². The molecule has 0 unspecified atom stereocenters. The van der Waals surface area contributed by atoms with Crippen LogP contribution in [-0.2, 0) is 5.88 Å². The van der Waals surface area contributed by atoms with Crippen LogP contribution < -0.4 is 0 Å². The Bertz CT molecular complexity index is 825. The van der Waals surface area contributed by atoms with Gasteiger partial charge in [-0.1, -0.05) is 39.1 Å². The van der Waals surface area contributed by atoms with Crippen molar-refractivity contribution in [3.05, 3.63) is 56.5 Å². The molecule has 0 amide bonds. The third-order valence-electron chi connectivity index (χ3n) is 3.03. The molecule has 21 heavy (non-hydrogen) atoms. The Morgan fingerprint density at radius 1 is 1.14 bits per heavy atom. The van der Waals surface area contributed by atoms with Crippen LogP contribution >= 0.6 is 50.7 Å². The molecule has 7 heteroatoms. The quantitative estimate of drug-likeness (QED) is 0.377. The highest BCUT2D eigenvalue weighted by molar-refractivity contribution is 9.10. The van der Waals surface area contributed by atoms with Gasteiger partial charge in [0.05, 0.1) is 32.6 Å². The topological polar surface area (TPSA) is 17.8 Å². The molecule has 0 bridgehead atoms. The van der Waals surface area contributed by atoms with Gasteiger partial charge in [-0.3, -0.25) is 4.57 Å². The van der Waals surface area contributed by atoms with Crippen LogP contribution in [0, 0.1) is 5.82 Å². The molecule has 0 saturated heterocycles. The summed E-state index contributed by atoms with van der Waals surface area (Å²) in [5.74, 6) is 0.198. The van der Waals surface area contributed by atoms with E-state index >= 15 is 0 Å². The fourth-order valence-electron chi connectivity index (χ4n) is 2.15. The molecule has 3 aromatic rings. The Kier molecular flexibility index (Phi) is 4.14. The Labute approximate surface area is 143 Å². The van der Waals surface area contributed by atoms with Crippen LogP contribution in [0.15, 0.2) is 34.8 Å². The molecule has 0 spiro atoms. The van der Waals surface area contributed by atoms with Crippen molar-refractivity contribution in [2.24, 2.45) is 0 Å². The number of alkyl halides is 1. The van der Waals surface area contributed by atoms with Gasteiger partial charge in [-0.25, -0.2) is 9.37 Å². The summed E-state index contributed by atoms with van der Waals surface area (Å²) < 4.78 is 16.3. The average molecular weight is 408 g/mol. The van der Waals surface area contributed by atoms with Crippen LogP contribution in [0.1, 0.15) is 5.82 Å². The fraction of sp³-hybridized carbons (Fsp3) is 0.0714. The predicted octanol–water partition coefficient (Wildman–Crippen LogP) is 5.97. The number of nitrogens with zero attached hydrogens (tertiary/aromatic N) is 2. The molecular weight excluding hydrogens is 401 g/mol. The highest BCUT2D eigenvalue weighted by Gasteiger charge is 2.15. The van der Waals surface area contributed by atoms with E-state index in [1.807, 2.05) is 22.8 Å². The number of aromatic nitrogens is 2. The molecule has 0 aliphatic carbocycles. The standard InChI is InChI=1S/C14H7BrCl3FN2/c15-7-1-2-12-11(3-7)20-13(6-16)21(12)8-4-9(17)14(19)10(18)5-8/h1-5H,6H2. The van der Waals surface area contributed by atoms with Crippen LogP contribution in [0.4, 0.5) is 4.39 Å². The number of hydrogen-bond donors (Lipinski definition) is 0. The normalized spacial score (nSPS) is 11.3. The third kappa shape index (κ3) is 2.66. The molecule has 0 N–H and O–H groups in total. The first-order valence-electron chi connectivity index (χ1n) is 5.89. The van der Waals surface area contributed by atoms with E-state index in [9.17, 15) is 4.39 Å². The van der Waals surface area contributed by atoms with E-state index < -0.39 is 5.82 Å². The van der Waals surface area contributed by atoms with E-state index in [1.54, 1.807) is 0 Å². The van der Waals surface area contributed by atoms with E-state index in [4.69, 9.17) is 34.8 Å². The van der Waals surface area contributed by atoms with E-state index in [-0.39, 0.29) is 15.9 Å². The lowest BCUT2D eigenvalue weighted by Crippen LogP contribution is -2.00. The van der Waals surface area contributed by atoms with Gasteiger partial charge in [-0.15, -0.1) is 11.6 Å². The zero-order valence-corrected chi connectivity index (χ0v) is 14.2. The van der Waals surface area contributed by atoms with Gasteiger partial charge in [-0.2, -0.15) is 0 Å². The van der Waals surface area contributed by atoms with Crippen molar-refractivity contribution in [3.63, 3.8) is 0 Å². The number of hydrogen-bond acceptors (Lipinski definition) is 1. The van der Waals surface area contributed by atoms with Crippen molar-refractivity contribution in [1.29, 1.82) is 0 Å². The molecule has 108 valence electrons. The number of fused-ring (bicyclic) bond motifs is 1. The van der Waals surface area contributed by atoms with Crippen LogP contribution in [0.2, 0.25) is 10.0 Å². The zero-order chi connectivity index (χ0) is 15.1. The molecule has 0 saturated carbocycles. The molecule has 3 rings (SSSR count). The maximum Gasteiger partial charge on any atom is 0.160 e. The number of benzene rings is 2. The summed E-state index contributed by atoms with van der Waals surface area (Å²) in [6.45, 7) is 0. The van der Waals surface area contributed by atoms with Crippen molar-refractivity contribution < 1.29 is 4.39 Å². The van der Waals surface area contributed by atoms with Crippen LogP contribution in [0.5, 0.6) is 0 Å². The molecule has 0 fully saturated rings. The second kappa shape index (κ2) is 5.76. The van der Waals surface area contributed by atoms with Gasteiger partial charge in [0.15, 0.2) is 5.82 Å². The average Bonchev–Trinajstić information content (AvgIpc) is 2.81. The van der Waals surface area contributed by atoms with Gasteiger partial charge in [0, 0.05) is 4.47 Å². The zero-order valence-electron chi connectivity index (χ0n) is 10.4. The van der Waals surface area contributed by atoms with Gasteiger partial charge in [-0.05, 0) is 30.3 Å². The van der Waals surface area contributed by atoms with E-state index in [2.05, 4.69) is 20.9 Å². The lowest BCUT2D eigenvalue weighted by molar-refractivity contribution is 0.628. The molecule has 0 atom stereocenters. The lowest BCUT2D eigenvalue weighted by Gasteiger charge is -2.10. The summed E-state index contributed by atoms with van der Waals surface area (Å²) in [6, 6.07) is 8.68. The van der Waals surface area contributed by atoms with Crippen molar-refractivity contribution in [1.82, 2.24) is 9.55 Å². The first-order chi connectivity index (χ1) is 10.0. The monoisotopic (exact) mass is 406 g/mol. The fourth-order valence-corrected chi connectivity index (χ4v) is 3.16. The summed E-state index contributed by atoms with van der Waals surface area (Å²) in [4.78, 5) is 4.47. The molecule has 0 aliphatic rings. The minimum atomic E-state index is -0.637. The summed E-state index contributed by atoms with van der Waals surface area (Å²) in [5.41, 5.74) is 2.23. The van der Waals surface area contributed by atoms with E-state index in [0.717, 1.165) is 15.5 Å². The Morgan fingerprint density at radius 2 is 1.81 bits per heavy atom. The predicted molar refractivity (Wildman–Crippen MR) is 88.3 cm³/mol. The van der Waals surface area contributed by atoms with E-state index in [0.29, 0.717) is 11.5 Å². The van der Waals surface area contributed by atoms with Crippen molar-refractivity contribution in [2.45, 2.75) is 5.88 Å². The number of imidazole rings is 1. The number of halogens is 5. The van der Waals surface area contributed by atoms with E-state index in [1.165, 1.54) is 12.1 Å². The molecule has 0 radical (unpaired) electrons. The first kappa shape index (κ1) is 15.1. The first-order valence-corrected chi connectivity index (χ1v) is 7.97. The van der Waals surface area contributed by atoms with Crippen molar-refractivity contribution in [3.8, 4) is 5.69 Å². The molecule has 1 heterocycles. The largest absolute Gasteiger partial charge is 0.295 e. The second-order valence-electron chi connectivity index (χ2n) is 4.35. The summed E-state index contributed by atoms with van der Waals surface area (Å²) in [7, 11) is 0. The molecule has 2 nitrogen and oxygen atoms in total. The highest BCUT2D eigenvalue weighted by atomic mass is 79.9. The van der Waals surface area contributed by atoms with Crippen molar-refractivity contribution in [2.75, 3.05) is 0 Å². The lowest BCUT2D eigenvalue weighted by atomic mass is 10.2. The van der Waals surface area contributed by atoms with Crippen molar-refractivity contribution >= 4 is 61.8 Å². The maximum atomic E-state index is 13.6. The maximum absolute atomic E-state index is 13.6. The minimum Gasteiger partial charge on any atom is -0.295 e. The Balaban J connectivity index is 2.33. The second-order valence-corrected chi connectivity index (χ2v) is 6.35. The minimum absolute atomic E-state index is 0.0445. The molecule has 2 aromatic carbocycles. The SMILES string of the molecule is Fc1c(Cl)cc(-n2c(CCl)nc3cc(Br)ccc32)cc1Cl. The number of rotatable bonds is 2. The summed E-state index contributed by atoms with van der Waals surface area (Å²) in [5, 5.41) is -0.0889. The van der Waals surface area contributed by atoms with Gasteiger partial charge in [0.1, 0.15) is 5.82 Å².